The minimum absolute atomic E-state index is 0.0277. The van der Waals surface area contributed by atoms with Crippen LogP contribution in [-0.4, -0.2) is 16.9 Å². The van der Waals surface area contributed by atoms with Crippen molar-refractivity contribution in [3.05, 3.63) is 64.1 Å². The fourth-order valence-electron chi connectivity index (χ4n) is 3.38. The molecule has 0 spiro atoms. The Morgan fingerprint density at radius 2 is 2.04 bits per heavy atom. The van der Waals surface area contributed by atoms with Crippen molar-refractivity contribution in [3.8, 4) is 5.75 Å². The maximum Gasteiger partial charge on any atom is 0.187 e. The van der Waals surface area contributed by atoms with Gasteiger partial charge in [0, 0.05) is 22.9 Å². The van der Waals surface area contributed by atoms with E-state index in [2.05, 4.69) is 64.3 Å². The van der Waals surface area contributed by atoms with Crippen LogP contribution in [0.3, 0.4) is 0 Å². The number of rotatable bonds is 3. The molecular formula is C19H19BrN2O. The number of nitrogens with zero attached hydrogens (tertiary/aromatic N) is 2. The molecule has 2 aromatic carbocycles. The van der Waals surface area contributed by atoms with Gasteiger partial charge < -0.3 is 4.74 Å². The van der Waals surface area contributed by atoms with Crippen molar-refractivity contribution in [2.45, 2.75) is 38.5 Å². The quantitative estimate of drug-likeness (QED) is 0.748. The average molecular weight is 371 g/mol. The molecule has 2 heterocycles. The van der Waals surface area contributed by atoms with Crippen LogP contribution in [0.25, 0.3) is 0 Å². The van der Waals surface area contributed by atoms with Crippen molar-refractivity contribution in [1.29, 1.82) is 0 Å². The number of ether oxygens (including phenoxy) is 1. The van der Waals surface area contributed by atoms with E-state index in [-0.39, 0.29) is 12.3 Å². The lowest BCUT2D eigenvalue weighted by Gasteiger charge is -2.38. The zero-order valence-corrected chi connectivity index (χ0v) is 14.7. The summed E-state index contributed by atoms with van der Waals surface area (Å²) < 4.78 is 7.31. The second-order valence-corrected chi connectivity index (χ2v) is 6.97. The number of hydrazone groups is 1. The summed E-state index contributed by atoms with van der Waals surface area (Å²) in [6, 6.07) is 17.0. The Bertz CT molecular complexity index is 744. The highest BCUT2D eigenvalue weighted by Crippen LogP contribution is 2.44. The molecule has 0 amide bonds. The zero-order valence-electron chi connectivity index (χ0n) is 13.1. The van der Waals surface area contributed by atoms with Crippen molar-refractivity contribution in [2.75, 3.05) is 0 Å². The van der Waals surface area contributed by atoms with E-state index < -0.39 is 0 Å². The van der Waals surface area contributed by atoms with E-state index in [0.29, 0.717) is 0 Å². The minimum Gasteiger partial charge on any atom is -0.469 e. The van der Waals surface area contributed by atoms with E-state index in [9.17, 15) is 0 Å². The second kappa shape index (κ2) is 6.00. The molecule has 0 aliphatic carbocycles. The molecular weight excluding hydrogens is 352 g/mol. The molecule has 0 bridgehead atoms. The van der Waals surface area contributed by atoms with Crippen molar-refractivity contribution in [2.24, 2.45) is 5.10 Å². The largest absolute Gasteiger partial charge is 0.469 e. The highest BCUT2D eigenvalue weighted by molar-refractivity contribution is 9.10. The fourth-order valence-corrected chi connectivity index (χ4v) is 3.75. The van der Waals surface area contributed by atoms with Crippen LogP contribution in [0, 0.1) is 0 Å². The van der Waals surface area contributed by atoms with Gasteiger partial charge >= 0.3 is 0 Å². The first-order valence-electron chi connectivity index (χ1n) is 8.13. The van der Waals surface area contributed by atoms with Crippen LogP contribution in [0.4, 0.5) is 0 Å². The van der Waals surface area contributed by atoms with E-state index in [1.54, 1.807) is 0 Å². The molecule has 4 rings (SSSR count). The Morgan fingerprint density at radius 3 is 2.83 bits per heavy atom. The number of fused-ring (bicyclic) bond motifs is 3. The van der Waals surface area contributed by atoms with Gasteiger partial charge in [0.25, 0.3) is 0 Å². The summed E-state index contributed by atoms with van der Waals surface area (Å²) in [5.74, 6) is 0.998. The smallest absolute Gasteiger partial charge is 0.187 e. The summed E-state index contributed by atoms with van der Waals surface area (Å²) in [7, 11) is 0. The van der Waals surface area contributed by atoms with Gasteiger partial charge in [0.15, 0.2) is 6.23 Å². The molecule has 2 atom stereocenters. The standard InChI is InChI=1S/C19H19BrN2O/c1-2-6-19-22-17(15-11-14(20)9-10-18(15)23-19)12-16(21-22)13-7-4-3-5-8-13/h3-5,7-11,17,19H,2,6,12H2,1H3/t17-,19+/m0/s1. The molecule has 2 aliphatic rings. The minimum atomic E-state index is 0.0277. The molecule has 23 heavy (non-hydrogen) atoms. The summed E-state index contributed by atoms with van der Waals surface area (Å²) in [5, 5.41) is 7.09. The third kappa shape index (κ3) is 2.65. The predicted molar refractivity (Wildman–Crippen MR) is 95.6 cm³/mol. The first-order chi connectivity index (χ1) is 11.3. The van der Waals surface area contributed by atoms with Crippen LogP contribution in [0.5, 0.6) is 5.75 Å². The van der Waals surface area contributed by atoms with Gasteiger partial charge in [-0.25, -0.2) is 0 Å². The summed E-state index contributed by atoms with van der Waals surface area (Å²) in [4.78, 5) is 0. The van der Waals surface area contributed by atoms with Crippen molar-refractivity contribution < 1.29 is 4.74 Å². The lowest BCUT2D eigenvalue weighted by molar-refractivity contribution is -0.0223. The molecule has 118 valence electrons. The maximum atomic E-state index is 6.22. The normalized spacial score (nSPS) is 22.2. The van der Waals surface area contributed by atoms with E-state index in [4.69, 9.17) is 9.84 Å². The molecule has 0 fully saturated rings. The lowest BCUT2D eigenvalue weighted by atomic mass is 9.96. The monoisotopic (exact) mass is 370 g/mol. The van der Waals surface area contributed by atoms with Gasteiger partial charge in [-0.1, -0.05) is 59.6 Å². The van der Waals surface area contributed by atoms with E-state index in [1.165, 1.54) is 11.1 Å². The van der Waals surface area contributed by atoms with Crippen LogP contribution in [0.2, 0.25) is 0 Å². The molecule has 0 unspecified atom stereocenters. The van der Waals surface area contributed by atoms with Crippen LogP contribution in [0.1, 0.15) is 43.4 Å². The molecule has 0 N–H and O–H groups in total. The third-order valence-electron chi connectivity index (χ3n) is 4.47. The Balaban J connectivity index is 1.74. The van der Waals surface area contributed by atoms with Crippen LogP contribution in [-0.2, 0) is 0 Å². The maximum absolute atomic E-state index is 6.22. The van der Waals surface area contributed by atoms with Crippen LogP contribution < -0.4 is 4.74 Å². The Morgan fingerprint density at radius 1 is 1.22 bits per heavy atom. The SMILES string of the molecule is CCC[C@H]1Oc2ccc(Br)cc2[C@@H]2CC(c3ccccc3)=NN12. The van der Waals surface area contributed by atoms with Crippen LogP contribution in [0.15, 0.2) is 58.1 Å². The number of hydrogen-bond acceptors (Lipinski definition) is 3. The Labute approximate surface area is 145 Å². The van der Waals surface area contributed by atoms with Gasteiger partial charge in [-0.3, -0.25) is 5.01 Å². The van der Waals surface area contributed by atoms with Crippen molar-refractivity contribution in [3.63, 3.8) is 0 Å². The first kappa shape index (κ1) is 14.8. The predicted octanol–water partition coefficient (Wildman–Crippen LogP) is 5.12. The zero-order chi connectivity index (χ0) is 15.8. The Kier molecular flexibility index (Phi) is 3.85. The molecule has 2 aliphatic heterocycles. The van der Waals surface area contributed by atoms with E-state index in [0.717, 1.165) is 35.2 Å². The van der Waals surface area contributed by atoms with Gasteiger partial charge in [-0.05, 0) is 23.8 Å². The molecule has 0 radical (unpaired) electrons. The molecule has 4 heteroatoms. The van der Waals surface area contributed by atoms with Gasteiger partial charge in [-0.15, -0.1) is 0 Å². The van der Waals surface area contributed by atoms with E-state index >= 15 is 0 Å². The summed E-state index contributed by atoms with van der Waals surface area (Å²) in [6.07, 6.45) is 3.02. The summed E-state index contributed by atoms with van der Waals surface area (Å²) >= 11 is 3.58. The number of benzene rings is 2. The van der Waals surface area contributed by atoms with Gasteiger partial charge in [-0.2, -0.15) is 5.10 Å². The topological polar surface area (TPSA) is 24.8 Å². The highest BCUT2D eigenvalue weighted by Gasteiger charge is 2.39. The summed E-state index contributed by atoms with van der Waals surface area (Å²) in [6.45, 7) is 2.19. The molecule has 0 aromatic heterocycles. The number of halogens is 1. The van der Waals surface area contributed by atoms with E-state index in [1.807, 2.05) is 12.1 Å². The number of hydrogen-bond donors (Lipinski definition) is 0. The third-order valence-corrected chi connectivity index (χ3v) is 4.97. The molecule has 2 aromatic rings. The molecule has 0 saturated heterocycles. The van der Waals surface area contributed by atoms with Crippen LogP contribution >= 0.6 is 15.9 Å². The Hall–Kier alpha value is -1.81. The van der Waals surface area contributed by atoms with Crippen molar-refractivity contribution >= 4 is 21.6 Å². The van der Waals surface area contributed by atoms with Gasteiger partial charge in [0.05, 0.1) is 11.8 Å². The summed E-state index contributed by atoms with van der Waals surface area (Å²) in [5.41, 5.74) is 3.57. The average Bonchev–Trinajstić information content (AvgIpc) is 3.02. The highest BCUT2D eigenvalue weighted by atomic mass is 79.9. The van der Waals surface area contributed by atoms with Gasteiger partial charge in [0.2, 0.25) is 0 Å². The van der Waals surface area contributed by atoms with Crippen molar-refractivity contribution in [1.82, 2.24) is 5.01 Å². The fraction of sp³-hybridized carbons (Fsp3) is 0.316. The van der Waals surface area contributed by atoms with Gasteiger partial charge in [0.1, 0.15) is 5.75 Å². The molecule has 0 saturated carbocycles. The molecule has 3 nitrogen and oxygen atoms in total. The lowest BCUT2D eigenvalue weighted by Crippen LogP contribution is -2.40. The second-order valence-electron chi connectivity index (χ2n) is 6.06. The first-order valence-corrected chi connectivity index (χ1v) is 8.93.